The maximum Gasteiger partial charge on any atom is 0.369 e. The van der Waals surface area contributed by atoms with E-state index in [1.807, 2.05) is 0 Å². The van der Waals surface area contributed by atoms with Crippen LogP contribution in [0.2, 0.25) is 0 Å². The lowest BCUT2D eigenvalue weighted by Gasteiger charge is -2.15. The van der Waals surface area contributed by atoms with Crippen LogP contribution in [0.25, 0.3) is 0 Å². The van der Waals surface area contributed by atoms with Crippen molar-refractivity contribution >= 4 is 23.0 Å². The molecule has 2 heterocycles. The van der Waals surface area contributed by atoms with Crippen molar-refractivity contribution in [2.75, 3.05) is 13.2 Å². The minimum absolute atomic E-state index is 0.0187. The Morgan fingerprint density at radius 2 is 2.24 bits per heavy atom. The molecule has 2 aliphatic rings. The Morgan fingerprint density at radius 1 is 1.41 bits per heavy atom. The summed E-state index contributed by atoms with van der Waals surface area (Å²) in [6, 6.07) is 0. The van der Waals surface area contributed by atoms with Crippen LogP contribution in [0.1, 0.15) is 6.42 Å². The summed E-state index contributed by atoms with van der Waals surface area (Å²) in [5.74, 6) is -0.580. The molecule has 0 aromatic heterocycles. The predicted molar refractivity (Wildman–Crippen MR) is 58.7 cm³/mol. The Bertz CT molecular complexity index is 342. The van der Waals surface area contributed by atoms with Crippen LogP contribution in [0.15, 0.2) is 11.5 Å². The average molecular weight is 260 g/mol. The first kappa shape index (κ1) is 12.4. The van der Waals surface area contributed by atoms with Crippen molar-refractivity contribution in [3.8, 4) is 0 Å². The number of carboxylic acid groups (broad SMARTS) is 1. The summed E-state index contributed by atoms with van der Waals surface area (Å²) in [5.41, 5.74) is 0. The van der Waals surface area contributed by atoms with Crippen LogP contribution >= 0.6 is 11.8 Å². The molecule has 2 aliphatic heterocycles. The van der Waals surface area contributed by atoms with Gasteiger partial charge in [0.15, 0.2) is 6.10 Å². The van der Waals surface area contributed by atoms with Gasteiger partial charge in [0.25, 0.3) is 0 Å². The molecule has 0 aromatic rings. The smallest absolute Gasteiger partial charge is 0.369 e. The predicted octanol–water partition coefficient (Wildman–Crippen LogP) is 1.01. The molecular formula is C10H12O6S. The van der Waals surface area contributed by atoms with Crippen molar-refractivity contribution in [2.24, 2.45) is 0 Å². The first-order valence-electron chi connectivity index (χ1n) is 5.17. The molecule has 2 rings (SSSR count). The second-order valence-electron chi connectivity index (χ2n) is 3.66. The third-order valence-electron chi connectivity index (χ3n) is 2.56. The molecule has 0 aliphatic carbocycles. The molecule has 0 spiro atoms. The van der Waals surface area contributed by atoms with Crippen molar-refractivity contribution in [2.45, 2.75) is 24.7 Å². The lowest BCUT2D eigenvalue weighted by Crippen LogP contribution is -2.31. The number of hydrogen-bond donors (Lipinski definition) is 1. The molecule has 3 unspecified atom stereocenters. The fraction of sp³-hybridized carbons (Fsp3) is 0.600. The zero-order chi connectivity index (χ0) is 12.3. The van der Waals surface area contributed by atoms with Gasteiger partial charge in [-0.25, -0.2) is 9.59 Å². The molecular weight excluding hydrogens is 248 g/mol. The highest BCUT2D eigenvalue weighted by atomic mass is 32.2. The van der Waals surface area contributed by atoms with Crippen LogP contribution in [0.5, 0.6) is 0 Å². The number of esters is 1. The van der Waals surface area contributed by atoms with E-state index in [1.165, 1.54) is 5.41 Å². The van der Waals surface area contributed by atoms with Gasteiger partial charge in [0.2, 0.25) is 0 Å². The van der Waals surface area contributed by atoms with Crippen molar-refractivity contribution in [1.82, 2.24) is 0 Å². The van der Waals surface area contributed by atoms with E-state index in [-0.39, 0.29) is 12.2 Å². The summed E-state index contributed by atoms with van der Waals surface area (Å²) in [5, 5.41) is 8.46. The number of rotatable bonds is 3. The summed E-state index contributed by atoms with van der Waals surface area (Å²) in [4.78, 5) is 21.5. The zero-order valence-electron chi connectivity index (χ0n) is 8.90. The molecule has 2 saturated heterocycles. The fourth-order valence-corrected chi connectivity index (χ4v) is 2.16. The highest BCUT2D eigenvalue weighted by Gasteiger charge is 2.43. The lowest BCUT2D eigenvalue weighted by atomic mass is 10.1. The maximum atomic E-state index is 11.3. The number of thioether (sulfide) groups is 1. The summed E-state index contributed by atoms with van der Waals surface area (Å²) in [6.45, 7) is 0.953. The Balaban J connectivity index is 1.79. The Hall–Kier alpha value is -1.05. The molecule has 94 valence electrons. The quantitative estimate of drug-likeness (QED) is 0.599. The van der Waals surface area contributed by atoms with Gasteiger partial charge in [-0.15, -0.1) is 0 Å². The topological polar surface area (TPSA) is 82.1 Å². The van der Waals surface area contributed by atoms with E-state index < -0.39 is 17.4 Å². The van der Waals surface area contributed by atoms with Gasteiger partial charge in [-0.3, -0.25) is 0 Å². The van der Waals surface area contributed by atoms with Crippen LogP contribution in [0.3, 0.4) is 0 Å². The van der Waals surface area contributed by atoms with E-state index in [9.17, 15) is 9.59 Å². The third-order valence-corrected chi connectivity index (χ3v) is 3.03. The zero-order valence-corrected chi connectivity index (χ0v) is 9.72. The van der Waals surface area contributed by atoms with Gasteiger partial charge in [0.1, 0.15) is 6.10 Å². The van der Waals surface area contributed by atoms with Gasteiger partial charge < -0.3 is 19.3 Å². The van der Waals surface area contributed by atoms with Crippen LogP contribution < -0.4 is 0 Å². The maximum absolute atomic E-state index is 11.3. The van der Waals surface area contributed by atoms with Gasteiger partial charge >= 0.3 is 11.3 Å². The molecule has 6 nitrogen and oxygen atoms in total. The minimum Gasteiger partial charge on any atom is -0.473 e. The van der Waals surface area contributed by atoms with Crippen LogP contribution in [0, 0.1) is 0 Å². The average Bonchev–Trinajstić information content (AvgIpc) is 2.82. The van der Waals surface area contributed by atoms with E-state index in [0.29, 0.717) is 25.0 Å². The second kappa shape index (κ2) is 5.52. The molecule has 0 amide bonds. The van der Waals surface area contributed by atoms with Gasteiger partial charge in [0.05, 0.1) is 12.7 Å². The highest BCUT2D eigenvalue weighted by Crippen LogP contribution is 2.28. The molecule has 2 fully saturated rings. The van der Waals surface area contributed by atoms with E-state index >= 15 is 0 Å². The largest absolute Gasteiger partial charge is 0.473 e. The van der Waals surface area contributed by atoms with Crippen molar-refractivity contribution < 1.29 is 28.9 Å². The number of carbonyl (C=O) groups excluding carboxylic acids is 1. The Morgan fingerprint density at radius 3 is 3.00 bits per heavy atom. The molecule has 0 bridgehead atoms. The minimum atomic E-state index is -1.07. The standard InChI is InChI=1S/C10H12O6S/c11-8(2-4-17-10(12)13)16-7-5-15-6-1-3-14-9(6)7/h2,4,6-7,9H,1,3,5H2,(H,12,13). The van der Waals surface area contributed by atoms with Crippen LogP contribution in [0.4, 0.5) is 4.79 Å². The molecule has 1 N–H and O–H groups in total. The molecule has 0 saturated carbocycles. The third kappa shape index (κ3) is 3.21. The van der Waals surface area contributed by atoms with Crippen molar-refractivity contribution in [3.05, 3.63) is 11.5 Å². The summed E-state index contributed by atoms with van der Waals surface area (Å²) in [6.07, 6.45) is 1.35. The van der Waals surface area contributed by atoms with Gasteiger partial charge in [-0.2, -0.15) is 0 Å². The second-order valence-corrected chi connectivity index (χ2v) is 4.51. The number of carbonyl (C=O) groups is 2. The van der Waals surface area contributed by atoms with Crippen LogP contribution in [-0.4, -0.2) is 47.9 Å². The first-order chi connectivity index (χ1) is 8.16. The highest BCUT2D eigenvalue weighted by molar-refractivity contribution is 8.15. The van der Waals surface area contributed by atoms with Crippen molar-refractivity contribution in [3.63, 3.8) is 0 Å². The van der Waals surface area contributed by atoms with Crippen LogP contribution in [-0.2, 0) is 19.0 Å². The number of ether oxygens (including phenoxy) is 3. The molecule has 0 aromatic carbocycles. The molecule has 0 radical (unpaired) electrons. The Labute approximate surface area is 102 Å². The number of hydrogen-bond acceptors (Lipinski definition) is 6. The summed E-state index contributed by atoms with van der Waals surface area (Å²) in [7, 11) is 0. The van der Waals surface area contributed by atoms with Crippen molar-refractivity contribution in [1.29, 1.82) is 0 Å². The van der Waals surface area contributed by atoms with Gasteiger partial charge in [-0.1, -0.05) is 0 Å². The first-order valence-corrected chi connectivity index (χ1v) is 6.05. The lowest BCUT2D eigenvalue weighted by molar-refractivity contribution is -0.147. The van der Waals surface area contributed by atoms with E-state index in [2.05, 4.69) is 0 Å². The van der Waals surface area contributed by atoms with E-state index in [0.717, 1.165) is 12.5 Å². The molecule has 3 atom stereocenters. The fourth-order valence-electron chi connectivity index (χ4n) is 1.87. The number of fused-ring (bicyclic) bond motifs is 1. The molecule has 7 heteroatoms. The SMILES string of the molecule is O=C(C=CSC(=O)O)OC1COC2CCOC21. The van der Waals surface area contributed by atoms with Gasteiger partial charge in [-0.05, 0) is 23.6 Å². The van der Waals surface area contributed by atoms with Gasteiger partial charge in [0, 0.05) is 12.7 Å². The molecule has 17 heavy (non-hydrogen) atoms. The Kier molecular flexibility index (Phi) is 4.03. The summed E-state index contributed by atoms with van der Waals surface area (Å²) >= 11 is 0.510. The van der Waals surface area contributed by atoms with E-state index in [4.69, 9.17) is 19.3 Å². The summed E-state index contributed by atoms with van der Waals surface area (Å²) < 4.78 is 15.9. The van der Waals surface area contributed by atoms with E-state index in [1.54, 1.807) is 0 Å². The normalized spacial score (nSPS) is 31.6. The monoisotopic (exact) mass is 260 g/mol.